The van der Waals surface area contributed by atoms with Crippen molar-refractivity contribution in [3.63, 3.8) is 0 Å². The van der Waals surface area contributed by atoms with Crippen molar-refractivity contribution in [2.24, 2.45) is 5.41 Å². The molecule has 4 nitrogen and oxygen atoms in total. The summed E-state index contributed by atoms with van der Waals surface area (Å²) in [5, 5.41) is 4.90. The summed E-state index contributed by atoms with van der Waals surface area (Å²) in [6.07, 6.45) is 6.71. The lowest BCUT2D eigenvalue weighted by molar-refractivity contribution is -0.865. The molecule has 0 bridgehead atoms. The molecular formula is C17H27N4S+. The van der Waals surface area contributed by atoms with E-state index in [4.69, 9.17) is 0 Å². The summed E-state index contributed by atoms with van der Waals surface area (Å²) in [5.74, 6) is 1.03. The molecule has 1 aliphatic rings. The van der Waals surface area contributed by atoms with Crippen molar-refractivity contribution in [3.05, 3.63) is 16.8 Å². The van der Waals surface area contributed by atoms with Crippen LogP contribution in [-0.4, -0.2) is 37.2 Å². The van der Waals surface area contributed by atoms with Gasteiger partial charge >= 0.3 is 0 Å². The van der Waals surface area contributed by atoms with Gasteiger partial charge in [-0.05, 0) is 31.2 Å². The van der Waals surface area contributed by atoms with Crippen molar-refractivity contribution in [2.75, 3.05) is 32.5 Å². The second kappa shape index (κ2) is 6.13. The van der Waals surface area contributed by atoms with Crippen LogP contribution in [0.4, 0.5) is 5.82 Å². The highest BCUT2D eigenvalue weighted by molar-refractivity contribution is 7.19. The van der Waals surface area contributed by atoms with Gasteiger partial charge in [0.05, 0.1) is 26.0 Å². The monoisotopic (exact) mass is 319 g/mol. The average Bonchev–Trinajstić information content (AvgIpc) is 2.83. The Balaban J connectivity index is 1.86. The van der Waals surface area contributed by atoms with Crippen LogP contribution in [0, 0.1) is 5.41 Å². The molecule has 2 aromatic heterocycles. The van der Waals surface area contributed by atoms with E-state index in [0.717, 1.165) is 23.7 Å². The molecule has 2 aromatic rings. The molecule has 0 fully saturated rings. The van der Waals surface area contributed by atoms with Gasteiger partial charge in [-0.3, -0.25) is 0 Å². The first-order valence-electron chi connectivity index (χ1n) is 8.24. The second-order valence-electron chi connectivity index (χ2n) is 7.51. The van der Waals surface area contributed by atoms with Gasteiger partial charge in [-0.2, -0.15) is 0 Å². The van der Waals surface area contributed by atoms with Crippen LogP contribution in [0.25, 0.3) is 10.2 Å². The van der Waals surface area contributed by atoms with E-state index in [2.05, 4.69) is 43.2 Å². The highest BCUT2D eigenvalue weighted by Crippen LogP contribution is 2.38. The molecule has 0 aromatic carbocycles. The summed E-state index contributed by atoms with van der Waals surface area (Å²) in [6, 6.07) is 0. The maximum Gasteiger partial charge on any atom is 0.138 e. The minimum Gasteiger partial charge on any atom is -0.369 e. The predicted molar refractivity (Wildman–Crippen MR) is 94.0 cm³/mol. The first-order valence-corrected chi connectivity index (χ1v) is 9.06. The third-order valence-corrected chi connectivity index (χ3v) is 5.52. The molecule has 0 saturated heterocycles. The van der Waals surface area contributed by atoms with Crippen molar-refractivity contribution >= 4 is 27.4 Å². The van der Waals surface area contributed by atoms with Crippen LogP contribution < -0.4 is 10.2 Å². The Hall–Kier alpha value is -1.20. The molecule has 0 atom stereocenters. The summed E-state index contributed by atoms with van der Waals surface area (Å²) < 4.78 is 0. The van der Waals surface area contributed by atoms with Crippen molar-refractivity contribution in [1.82, 2.24) is 9.97 Å². The molecule has 3 rings (SSSR count). The molecule has 1 aliphatic carbocycles. The molecule has 0 radical (unpaired) electrons. The fraction of sp³-hybridized carbons (Fsp3) is 0.647. The normalized spacial score (nSPS) is 15.3. The standard InChI is InChI=1S/C17H26N4S/c1-17(2,10-21(3)4)9-18-15-14-12-7-5-6-8-13(12)22-16(14)20-11-19-15/h11H,5-10H2,1-4H3,(H,18,19,20)/p+1. The van der Waals surface area contributed by atoms with E-state index in [-0.39, 0.29) is 5.41 Å². The highest BCUT2D eigenvalue weighted by Gasteiger charge is 2.24. The third kappa shape index (κ3) is 3.25. The van der Waals surface area contributed by atoms with Crippen molar-refractivity contribution in [2.45, 2.75) is 39.5 Å². The van der Waals surface area contributed by atoms with Crippen molar-refractivity contribution in [1.29, 1.82) is 0 Å². The number of nitrogens with zero attached hydrogens (tertiary/aromatic N) is 2. The molecule has 5 heteroatoms. The van der Waals surface area contributed by atoms with Crippen LogP contribution in [0.3, 0.4) is 0 Å². The van der Waals surface area contributed by atoms with Gasteiger partial charge in [0.15, 0.2) is 0 Å². The minimum atomic E-state index is 0.242. The largest absolute Gasteiger partial charge is 0.369 e. The lowest BCUT2D eigenvalue weighted by Gasteiger charge is -2.26. The van der Waals surface area contributed by atoms with Gasteiger partial charge in [0.25, 0.3) is 0 Å². The SMILES string of the molecule is C[NH+](C)CC(C)(C)CNc1ncnc2sc3c(c12)CCCC3. The van der Waals surface area contributed by atoms with Crippen LogP contribution in [-0.2, 0) is 12.8 Å². The topological polar surface area (TPSA) is 42.2 Å². The zero-order valence-corrected chi connectivity index (χ0v) is 14.9. The summed E-state index contributed by atoms with van der Waals surface area (Å²) in [4.78, 5) is 13.2. The Morgan fingerprint density at radius 3 is 2.77 bits per heavy atom. The van der Waals surface area contributed by atoms with Crippen LogP contribution in [0.15, 0.2) is 6.33 Å². The smallest absolute Gasteiger partial charge is 0.138 e. The lowest BCUT2D eigenvalue weighted by Crippen LogP contribution is -3.07. The highest BCUT2D eigenvalue weighted by atomic mass is 32.1. The molecule has 0 unspecified atom stereocenters. The summed E-state index contributed by atoms with van der Waals surface area (Å²) in [6.45, 7) is 6.70. The van der Waals surface area contributed by atoms with Gasteiger partial charge in [0.1, 0.15) is 17.0 Å². The number of nitrogens with one attached hydrogen (secondary N) is 2. The van der Waals surface area contributed by atoms with Crippen LogP contribution in [0.5, 0.6) is 0 Å². The molecule has 0 spiro atoms. The zero-order chi connectivity index (χ0) is 15.7. The number of aromatic nitrogens is 2. The van der Waals surface area contributed by atoms with E-state index in [0.29, 0.717) is 0 Å². The molecule has 0 aliphatic heterocycles. The Labute approximate surface area is 137 Å². The Bertz CT molecular complexity index is 660. The van der Waals surface area contributed by atoms with E-state index in [1.54, 1.807) is 6.33 Å². The number of rotatable bonds is 5. The minimum absolute atomic E-state index is 0.242. The van der Waals surface area contributed by atoms with Crippen LogP contribution >= 0.6 is 11.3 Å². The predicted octanol–water partition coefficient (Wildman–Crippen LogP) is 2.15. The van der Waals surface area contributed by atoms with Gasteiger partial charge in [-0.1, -0.05) is 13.8 Å². The number of hydrogen-bond acceptors (Lipinski definition) is 4. The molecule has 22 heavy (non-hydrogen) atoms. The Morgan fingerprint density at radius 2 is 2.00 bits per heavy atom. The number of aryl methyl sites for hydroxylation is 2. The number of hydrogen-bond donors (Lipinski definition) is 2. The number of thiophene rings is 1. The quantitative estimate of drug-likeness (QED) is 0.887. The van der Waals surface area contributed by atoms with Gasteiger partial charge < -0.3 is 10.2 Å². The first kappa shape index (κ1) is 15.7. The molecule has 0 saturated carbocycles. The van der Waals surface area contributed by atoms with E-state index < -0.39 is 0 Å². The average molecular weight is 319 g/mol. The molecule has 2 heterocycles. The maximum atomic E-state index is 4.55. The Morgan fingerprint density at radius 1 is 1.23 bits per heavy atom. The zero-order valence-electron chi connectivity index (χ0n) is 14.1. The van der Waals surface area contributed by atoms with E-state index >= 15 is 0 Å². The van der Waals surface area contributed by atoms with Gasteiger partial charge in [0.2, 0.25) is 0 Å². The van der Waals surface area contributed by atoms with Gasteiger partial charge in [-0.15, -0.1) is 11.3 Å². The number of anilines is 1. The third-order valence-electron chi connectivity index (χ3n) is 4.32. The summed E-state index contributed by atoms with van der Waals surface area (Å²) in [7, 11) is 4.42. The molecule has 120 valence electrons. The molecule has 2 N–H and O–H groups in total. The summed E-state index contributed by atoms with van der Waals surface area (Å²) in [5.41, 5.74) is 1.75. The summed E-state index contributed by atoms with van der Waals surface area (Å²) >= 11 is 1.86. The molecule has 0 amide bonds. The van der Waals surface area contributed by atoms with Crippen molar-refractivity contribution < 1.29 is 4.90 Å². The van der Waals surface area contributed by atoms with Gasteiger partial charge in [0, 0.05) is 16.8 Å². The molecular weight excluding hydrogens is 292 g/mol. The fourth-order valence-corrected chi connectivity index (χ4v) is 4.80. The van der Waals surface area contributed by atoms with Crippen LogP contribution in [0.2, 0.25) is 0 Å². The van der Waals surface area contributed by atoms with Gasteiger partial charge in [-0.25, -0.2) is 9.97 Å². The maximum absolute atomic E-state index is 4.55. The number of quaternary nitrogens is 1. The lowest BCUT2D eigenvalue weighted by atomic mass is 9.92. The van der Waals surface area contributed by atoms with E-state index in [9.17, 15) is 0 Å². The van der Waals surface area contributed by atoms with E-state index in [1.165, 1.54) is 46.4 Å². The number of fused-ring (bicyclic) bond motifs is 3. The first-order chi connectivity index (χ1) is 10.5. The fourth-order valence-electron chi connectivity index (χ4n) is 3.57. The Kier molecular flexibility index (Phi) is 4.37. The second-order valence-corrected chi connectivity index (χ2v) is 8.60. The van der Waals surface area contributed by atoms with Crippen molar-refractivity contribution in [3.8, 4) is 0 Å². The van der Waals surface area contributed by atoms with Crippen LogP contribution in [0.1, 0.15) is 37.1 Å². The van der Waals surface area contributed by atoms with E-state index in [1.807, 2.05) is 11.3 Å².